The molecule has 0 bridgehead atoms. The Morgan fingerprint density at radius 3 is 2.27 bits per heavy atom. The van der Waals surface area contributed by atoms with Gasteiger partial charge in [0.15, 0.2) is 17.0 Å². The van der Waals surface area contributed by atoms with E-state index in [2.05, 4.69) is 20.6 Å². The molecule has 2 aromatic carbocycles. The van der Waals surface area contributed by atoms with Crippen LogP contribution in [0.5, 0.6) is 0 Å². The van der Waals surface area contributed by atoms with E-state index in [9.17, 15) is 19.5 Å². The molecule has 1 aliphatic rings. The Labute approximate surface area is 237 Å². The molecule has 5 rings (SSSR count). The molecule has 2 heterocycles. The van der Waals surface area contributed by atoms with Crippen LogP contribution in [-0.4, -0.2) is 41.3 Å². The Bertz CT molecular complexity index is 1380. The van der Waals surface area contributed by atoms with Crippen molar-refractivity contribution in [2.45, 2.75) is 44.0 Å². The molecule has 4 aromatic rings. The van der Waals surface area contributed by atoms with E-state index in [-0.39, 0.29) is 48.4 Å². The number of anilines is 2. The number of nitrogens with zero attached hydrogens (tertiary/aromatic N) is 4. The van der Waals surface area contributed by atoms with E-state index in [4.69, 9.17) is 4.98 Å². The largest absolute Gasteiger partial charge is 1.00 e. The Morgan fingerprint density at radius 2 is 1.65 bits per heavy atom. The Morgan fingerprint density at radius 1 is 1.03 bits per heavy atom. The summed E-state index contributed by atoms with van der Waals surface area (Å²) in [6.45, 7) is 1.09. The summed E-state index contributed by atoms with van der Waals surface area (Å²) in [4.78, 5) is 34.7. The summed E-state index contributed by atoms with van der Waals surface area (Å²) in [7, 11) is -4.59. The second-order valence-electron chi connectivity index (χ2n) is 9.31. The van der Waals surface area contributed by atoms with Crippen LogP contribution < -0.4 is 45.1 Å². The molecule has 12 heteroatoms. The van der Waals surface area contributed by atoms with Gasteiger partial charge in [-0.25, -0.2) is 4.98 Å². The molecule has 3 atom stereocenters. The molecule has 0 aliphatic heterocycles. The van der Waals surface area contributed by atoms with Crippen molar-refractivity contribution in [2.24, 2.45) is 0 Å². The van der Waals surface area contributed by atoms with Crippen molar-refractivity contribution in [3.05, 3.63) is 78.1 Å². The Kier molecular flexibility index (Phi) is 8.70. The molecule has 4 N–H and O–H groups in total. The van der Waals surface area contributed by atoms with Gasteiger partial charge in [-0.1, -0.05) is 60.7 Å². The molecule has 188 valence electrons. The maximum atomic E-state index is 11.4. The van der Waals surface area contributed by atoms with Crippen molar-refractivity contribution in [1.29, 1.82) is 0 Å². The number of nitrogens with one attached hydrogen (secondary N) is 2. The Hall–Kier alpha value is -2.30. The van der Waals surface area contributed by atoms with E-state index >= 15 is 0 Å². The molecule has 1 aliphatic carbocycles. The molecule has 0 saturated heterocycles. The summed E-state index contributed by atoms with van der Waals surface area (Å²) in [5, 5.41) is 17.4. The number of fused-ring (bicyclic) bond motifs is 1. The standard InChI is InChI=1S/C25H29N6O4P.Na/c32-25(16-36(33,34)35)12-11-20(13-25)31-17-28-21-22(26-14-18-7-3-1-4-8-18)29-24(30-23(21)31)27-15-19-9-5-2-6-10-19;/h1-10,17,20,32H,11-16H2,(H2,33,34,35)(H2,26,27,29,30);/q;+1/p-1/t20-,25-;/m0./s1. The zero-order valence-corrected chi connectivity index (χ0v) is 23.5. The van der Waals surface area contributed by atoms with Crippen molar-refractivity contribution < 1.29 is 49.0 Å². The smallest absolute Gasteiger partial charge is 0.779 e. The van der Waals surface area contributed by atoms with Gasteiger partial charge in [-0.15, -0.1) is 0 Å². The van der Waals surface area contributed by atoms with Gasteiger partial charge in [-0.05, 0) is 30.4 Å². The van der Waals surface area contributed by atoms with Gasteiger partial charge in [0.25, 0.3) is 0 Å². The SMILES string of the molecule is O=P([O-])(O)C[C@]1(O)CC[C@H](n2cnc3c(NCc4ccccc4)nc(NCc4ccccc4)nc32)C1.[Na+]. The topological polar surface area (TPSA) is 148 Å². The number of hydrogen-bond acceptors (Lipinski definition) is 8. The average Bonchev–Trinajstić information content (AvgIpc) is 3.44. The van der Waals surface area contributed by atoms with Crippen molar-refractivity contribution in [1.82, 2.24) is 19.5 Å². The third-order valence-electron chi connectivity index (χ3n) is 6.46. The van der Waals surface area contributed by atoms with Gasteiger partial charge in [0.05, 0.1) is 11.9 Å². The van der Waals surface area contributed by atoms with E-state index in [0.29, 0.717) is 42.4 Å². The predicted octanol–water partition coefficient (Wildman–Crippen LogP) is 0.0563. The first-order valence-electron chi connectivity index (χ1n) is 11.8. The monoisotopic (exact) mass is 530 g/mol. The molecule has 1 unspecified atom stereocenters. The molecule has 0 spiro atoms. The molecular weight excluding hydrogens is 502 g/mol. The van der Waals surface area contributed by atoms with Crippen molar-refractivity contribution in [2.75, 3.05) is 16.8 Å². The Balaban J connectivity index is 0.00000320. The van der Waals surface area contributed by atoms with Gasteiger partial charge in [-0.2, -0.15) is 9.97 Å². The number of aliphatic hydroxyl groups is 1. The molecule has 37 heavy (non-hydrogen) atoms. The van der Waals surface area contributed by atoms with Gasteiger partial charge < -0.3 is 34.7 Å². The molecule has 10 nitrogen and oxygen atoms in total. The molecule has 0 radical (unpaired) electrons. The van der Waals surface area contributed by atoms with Crippen molar-refractivity contribution >= 4 is 30.5 Å². The van der Waals surface area contributed by atoms with E-state index in [1.165, 1.54) is 0 Å². The van der Waals surface area contributed by atoms with Crippen LogP contribution in [0.25, 0.3) is 11.2 Å². The normalized spacial score (nSPS) is 20.8. The fourth-order valence-corrected chi connectivity index (χ4v) is 5.81. The molecule has 1 fully saturated rings. The summed E-state index contributed by atoms with van der Waals surface area (Å²) in [5.41, 5.74) is 1.86. The van der Waals surface area contributed by atoms with Crippen LogP contribution in [0.4, 0.5) is 11.8 Å². The first-order chi connectivity index (χ1) is 17.3. The van der Waals surface area contributed by atoms with E-state index in [0.717, 1.165) is 11.1 Å². The average molecular weight is 531 g/mol. The quantitative estimate of drug-likeness (QED) is 0.174. The maximum Gasteiger partial charge on any atom is 1.00 e. The summed E-state index contributed by atoms with van der Waals surface area (Å²) in [5.74, 6) is 1.00. The van der Waals surface area contributed by atoms with Gasteiger partial charge in [0.2, 0.25) is 5.95 Å². The van der Waals surface area contributed by atoms with E-state index < -0.39 is 19.4 Å². The zero-order valence-electron chi connectivity index (χ0n) is 20.6. The van der Waals surface area contributed by atoms with Crippen molar-refractivity contribution in [3.63, 3.8) is 0 Å². The van der Waals surface area contributed by atoms with Gasteiger partial charge in [0.1, 0.15) is 7.60 Å². The van der Waals surface area contributed by atoms with Crippen LogP contribution in [0.3, 0.4) is 0 Å². The minimum atomic E-state index is -4.59. The summed E-state index contributed by atoms with van der Waals surface area (Å²) < 4.78 is 13.3. The van der Waals surface area contributed by atoms with Crippen LogP contribution >= 0.6 is 7.60 Å². The minimum Gasteiger partial charge on any atom is -0.779 e. The number of hydrogen-bond donors (Lipinski definition) is 4. The second kappa shape index (κ2) is 11.6. The molecule has 2 aromatic heterocycles. The molecular formula is C25H28N6NaO4P. The fourth-order valence-electron chi connectivity index (χ4n) is 4.78. The zero-order chi connectivity index (χ0) is 25.2. The number of imidazole rings is 1. The third kappa shape index (κ3) is 6.97. The van der Waals surface area contributed by atoms with Crippen LogP contribution in [0, 0.1) is 0 Å². The van der Waals surface area contributed by atoms with Crippen LogP contribution in [-0.2, 0) is 17.7 Å². The molecule has 0 amide bonds. The minimum absolute atomic E-state index is 0. The molecule has 1 saturated carbocycles. The van der Waals surface area contributed by atoms with Crippen LogP contribution in [0.15, 0.2) is 67.0 Å². The van der Waals surface area contributed by atoms with Crippen LogP contribution in [0.2, 0.25) is 0 Å². The number of rotatable bonds is 9. The van der Waals surface area contributed by atoms with Gasteiger partial charge in [0, 0.05) is 25.3 Å². The van der Waals surface area contributed by atoms with E-state index in [1.807, 2.05) is 65.2 Å². The first-order valence-corrected chi connectivity index (χ1v) is 13.6. The van der Waals surface area contributed by atoms with Gasteiger partial charge >= 0.3 is 29.6 Å². The summed E-state index contributed by atoms with van der Waals surface area (Å²) in [6.07, 6.45) is 1.96. The maximum absolute atomic E-state index is 11.4. The number of benzene rings is 2. The number of aromatic nitrogens is 4. The second-order valence-corrected chi connectivity index (χ2v) is 10.9. The van der Waals surface area contributed by atoms with Crippen molar-refractivity contribution in [3.8, 4) is 0 Å². The summed E-state index contributed by atoms with van der Waals surface area (Å²) in [6, 6.07) is 19.7. The van der Waals surface area contributed by atoms with Crippen LogP contribution in [0.1, 0.15) is 36.4 Å². The fraction of sp³-hybridized carbons (Fsp3) is 0.320. The predicted molar refractivity (Wildman–Crippen MR) is 135 cm³/mol. The van der Waals surface area contributed by atoms with E-state index in [1.54, 1.807) is 6.33 Å². The third-order valence-corrected chi connectivity index (χ3v) is 7.45. The van der Waals surface area contributed by atoms with Gasteiger partial charge in [-0.3, -0.25) is 0 Å². The summed E-state index contributed by atoms with van der Waals surface area (Å²) >= 11 is 0. The first kappa shape index (κ1) is 27.7.